The SMILES string of the molecule is Cc1ccc(C(C)NC(C)c2nccs2)cc1. The molecule has 1 heterocycles. The molecule has 0 aliphatic carbocycles. The second kappa shape index (κ2) is 5.43. The van der Waals surface area contributed by atoms with E-state index in [2.05, 4.69) is 55.3 Å². The first kappa shape index (κ1) is 12.3. The highest BCUT2D eigenvalue weighted by atomic mass is 32.1. The van der Waals surface area contributed by atoms with E-state index in [0.29, 0.717) is 12.1 Å². The third kappa shape index (κ3) is 3.14. The Kier molecular flexibility index (Phi) is 3.92. The zero-order chi connectivity index (χ0) is 12.3. The van der Waals surface area contributed by atoms with Crippen LogP contribution in [0.5, 0.6) is 0 Å². The van der Waals surface area contributed by atoms with Crippen LogP contribution in [0.15, 0.2) is 35.8 Å². The van der Waals surface area contributed by atoms with Crippen molar-refractivity contribution in [2.45, 2.75) is 32.9 Å². The van der Waals surface area contributed by atoms with E-state index in [0.717, 1.165) is 5.01 Å². The normalized spacial score (nSPS) is 14.5. The smallest absolute Gasteiger partial charge is 0.109 e. The summed E-state index contributed by atoms with van der Waals surface area (Å²) in [4.78, 5) is 4.33. The highest BCUT2D eigenvalue weighted by Gasteiger charge is 2.12. The molecule has 17 heavy (non-hydrogen) atoms. The molecular formula is C14H18N2S. The third-order valence-electron chi connectivity index (χ3n) is 2.90. The number of aryl methyl sites for hydroxylation is 1. The van der Waals surface area contributed by atoms with Crippen molar-refractivity contribution in [1.29, 1.82) is 0 Å². The first-order valence-corrected chi connectivity index (χ1v) is 6.77. The molecule has 2 unspecified atom stereocenters. The van der Waals surface area contributed by atoms with E-state index in [1.165, 1.54) is 11.1 Å². The molecule has 0 bridgehead atoms. The van der Waals surface area contributed by atoms with E-state index >= 15 is 0 Å². The zero-order valence-electron chi connectivity index (χ0n) is 10.5. The minimum Gasteiger partial charge on any atom is -0.302 e. The molecule has 0 fully saturated rings. The predicted octanol–water partition coefficient (Wildman–Crippen LogP) is 3.86. The molecule has 2 atom stereocenters. The van der Waals surface area contributed by atoms with Gasteiger partial charge in [-0.2, -0.15) is 0 Å². The monoisotopic (exact) mass is 246 g/mol. The number of aromatic nitrogens is 1. The van der Waals surface area contributed by atoms with Crippen LogP contribution in [0.4, 0.5) is 0 Å². The highest BCUT2D eigenvalue weighted by Crippen LogP contribution is 2.20. The van der Waals surface area contributed by atoms with Gasteiger partial charge in [0, 0.05) is 17.6 Å². The van der Waals surface area contributed by atoms with Gasteiger partial charge in [0.15, 0.2) is 0 Å². The van der Waals surface area contributed by atoms with Crippen LogP contribution in [0, 0.1) is 6.92 Å². The molecule has 2 nitrogen and oxygen atoms in total. The topological polar surface area (TPSA) is 24.9 Å². The van der Waals surface area contributed by atoms with Crippen LogP contribution in [-0.4, -0.2) is 4.98 Å². The average molecular weight is 246 g/mol. The number of thiazole rings is 1. The number of benzene rings is 1. The minimum atomic E-state index is 0.298. The molecule has 0 saturated heterocycles. The summed E-state index contributed by atoms with van der Waals surface area (Å²) in [5, 5.41) is 6.73. The zero-order valence-corrected chi connectivity index (χ0v) is 11.3. The molecule has 0 saturated carbocycles. The second-order valence-corrected chi connectivity index (χ2v) is 5.32. The molecule has 1 N–H and O–H groups in total. The van der Waals surface area contributed by atoms with Gasteiger partial charge >= 0.3 is 0 Å². The number of hydrogen-bond donors (Lipinski definition) is 1. The summed E-state index contributed by atoms with van der Waals surface area (Å²) in [5.74, 6) is 0. The highest BCUT2D eigenvalue weighted by molar-refractivity contribution is 7.09. The summed E-state index contributed by atoms with van der Waals surface area (Å²) < 4.78 is 0. The van der Waals surface area contributed by atoms with E-state index in [4.69, 9.17) is 0 Å². The first-order chi connectivity index (χ1) is 8.16. The lowest BCUT2D eigenvalue weighted by Gasteiger charge is -2.19. The summed E-state index contributed by atoms with van der Waals surface area (Å²) in [6, 6.07) is 9.31. The Morgan fingerprint density at radius 3 is 2.41 bits per heavy atom. The Morgan fingerprint density at radius 2 is 1.82 bits per heavy atom. The molecule has 0 aliphatic heterocycles. The quantitative estimate of drug-likeness (QED) is 0.886. The van der Waals surface area contributed by atoms with E-state index in [1.54, 1.807) is 11.3 Å². The van der Waals surface area contributed by atoms with Crippen LogP contribution in [0.1, 0.15) is 42.1 Å². The molecule has 1 aromatic heterocycles. The van der Waals surface area contributed by atoms with Crippen molar-refractivity contribution in [2.75, 3.05) is 0 Å². The summed E-state index contributed by atoms with van der Waals surface area (Å²) in [7, 11) is 0. The van der Waals surface area contributed by atoms with Gasteiger partial charge in [0.2, 0.25) is 0 Å². The van der Waals surface area contributed by atoms with Crippen molar-refractivity contribution in [3.8, 4) is 0 Å². The molecule has 90 valence electrons. The van der Waals surface area contributed by atoms with Crippen LogP contribution in [0.25, 0.3) is 0 Å². The molecule has 0 radical (unpaired) electrons. The van der Waals surface area contributed by atoms with Gasteiger partial charge < -0.3 is 5.32 Å². The van der Waals surface area contributed by atoms with Gasteiger partial charge in [0.25, 0.3) is 0 Å². The van der Waals surface area contributed by atoms with Gasteiger partial charge in [-0.1, -0.05) is 29.8 Å². The first-order valence-electron chi connectivity index (χ1n) is 5.89. The lowest BCUT2D eigenvalue weighted by atomic mass is 10.1. The molecular weight excluding hydrogens is 228 g/mol. The summed E-state index contributed by atoms with van der Waals surface area (Å²) in [6.45, 7) is 6.46. The summed E-state index contributed by atoms with van der Waals surface area (Å²) in [5.41, 5.74) is 2.62. The summed E-state index contributed by atoms with van der Waals surface area (Å²) >= 11 is 1.70. The maximum absolute atomic E-state index is 4.33. The molecule has 0 spiro atoms. The number of nitrogens with zero attached hydrogens (tertiary/aromatic N) is 1. The third-order valence-corrected chi connectivity index (χ3v) is 3.86. The van der Waals surface area contributed by atoms with Gasteiger partial charge in [-0.05, 0) is 26.3 Å². The average Bonchev–Trinajstić information content (AvgIpc) is 2.83. The van der Waals surface area contributed by atoms with Gasteiger partial charge in [-0.3, -0.25) is 0 Å². The Hall–Kier alpha value is -1.19. The van der Waals surface area contributed by atoms with Gasteiger partial charge in [0.1, 0.15) is 5.01 Å². The Labute approximate surface area is 107 Å². The summed E-state index contributed by atoms with van der Waals surface area (Å²) in [6.07, 6.45) is 1.86. The van der Waals surface area contributed by atoms with Crippen molar-refractivity contribution in [1.82, 2.24) is 10.3 Å². The largest absolute Gasteiger partial charge is 0.302 e. The van der Waals surface area contributed by atoms with Crippen LogP contribution in [0.3, 0.4) is 0 Å². The van der Waals surface area contributed by atoms with Gasteiger partial charge in [0.05, 0.1) is 6.04 Å². The van der Waals surface area contributed by atoms with E-state index < -0.39 is 0 Å². The maximum Gasteiger partial charge on any atom is 0.109 e. The predicted molar refractivity (Wildman–Crippen MR) is 73.3 cm³/mol. The molecule has 0 amide bonds. The molecule has 2 aromatic rings. The standard InChI is InChI=1S/C14H18N2S/c1-10-4-6-13(7-5-10)11(2)16-12(3)14-15-8-9-17-14/h4-9,11-12,16H,1-3H3. The molecule has 3 heteroatoms. The fourth-order valence-corrected chi connectivity index (χ4v) is 2.50. The van der Waals surface area contributed by atoms with Crippen LogP contribution in [0.2, 0.25) is 0 Å². The Balaban J connectivity index is 2.01. The van der Waals surface area contributed by atoms with Crippen LogP contribution >= 0.6 is 11.3 Å². The number of rotatable bonds is 4. The van der Waals surface area contributed by atoms with E-state index in [9.17, 15) is 0 Å². The molecule has 2 rings (SSSR count). The number of nitrogens with one attached hydrogen (secondary N) is 1. The van der Waals surface area contributed by atoms with Crippen molar-refractivity contribution in [2.24, 2.45) is 0 Å². The van der Waals surface area contributed by atoms with E-state index in [-0.39, 0.29) is 0 Å². The van der Waals surface area contributed by atoms with Crippen molar-refractivity contribution >= 4 is 11.3 Å². The van der Waals surface area contributed by atoms with Crippen molar-refractivity contribution in [3.05, 3.63) is 52.0 Å². The number of hydrogen-bond acceptors (Lipinski definition) is 3. The van der Waals surface area contributed by atoms with Gasteiger partial charge in [-0.15, -0.1) is 11.3 Å². The van der Waals surface area contributed by atoms with Crippen LogP contribution in [-0.2, 0) is 0 Å². The van der Waals surface area contributed by atoms with Gasteiger partial charge in [-0.25, -0.2) is 4.98 Å². The fourth-order valence-electron chi connectivity index (χ4n) is 1.85. The van der Waals surface area contributed by atoms with Crippen LogP contribution < -0.4 is 5.32 Å². The Bertz CT molecular complexity index is 448. The van der Waals surface area contributed by atoms with Crippen molar-refractivity contribution in [3.63, 3.8) is 0 Å². The van der Waals surface area contributed by atoms with E-state index in [1.807, 2.05) is 11.6 Å². The minimum absolute atomic E-state index is 0.298. The second-order valence-electron chi connectivity index (χ2n) is 4.39. The molecule has 1 aromatic carbocycles. The van der Waals surface area contributed by atoms with Crippen molar-refractivity contribution < 1.29 is 0 Å². The maximum atomic E-state index is 4.33. The fraction of sp³-hybridized carbons (Fsp3) is 0.357. The molecule has 0 aliphatic rings. The lowest BCUT2D eigenvalue weighted by Crippen LogP contribution is -2.22. The Morgan fingerprint density at radius 1 is 1.12 bits per heavy atom. The lowest BCUT2D eigenvalue weighted by molar-refractivity contribution is 0.493.